The maximum Gasteiger partial charge on any atom is 0.328 e. The number of carboxylic acid groups (broad SMARTS) is 1. The fraction of sp³-hybridized carbons (Fsp3) is 0.556. The van der Waals surface area contributed by atoms with Crippen LogP contribution in [0.5, 0.6) is 0 Å². The van der Waals surface area contributed by atoms with Crippen molar-refractivity contribution in [3.05, 3.63) is 11.6 Å². The highest BCUT2D eigenvalue weighted by atomic mass is 16.4. The molecule has 0 saturated heterocycles. The number of nitrogens with zero attached hydrogens (tertiary/aromatic N) is 2. The molecular formula is C9H14N2O2. The van der Waals surface area contributed by atoms with Crippen molar-refractivity contribution in [2.45, 2.75) is 13.3 Å². The number of hydrogen-bond donors (Lipinski definition) is 1. The molecule has 1 N–H and O–H groups in total. The van der Waals surface area contributed by atoms with Crippen LogP contribution in [-0.2, 0) is 4.79 Å². The zero-order valence-electron chi connectivity index (χ0n) is 7.95. The van der Waals surface area contributed by atoms with Gasteiger partial charge >= 0.3 is 5.97 Å². The molecule has 0 heterocycles. The smallest absolute Gasteiger partial charge is 0.328 e. The summed E-state index contributed by atoms with van der Waals surface area (Å²) in [4.78, 5) is 12.2. The molecule has 0 fully saturated rings. The molecule has 4 heteroatoms. The van der Waals surface area contributed by atoms with Crippen LogP contribution >= 0.6 is 0 Å². The number of nitriles is 1. The van der Waals surface area contributed by atoms with Gasteiger partial charge in [0, 0.05) is 25.6 Å². The number of carboxylic acids is 1. The number of likely N-dealkylation sites (N-methyl/N-ethyl adjacent to an activating group) is 1. The minimum absolute atomic E-state index is 0.469. The Morgan fingerprint density at radius 2 is 2.31 bits per heavy atom. The molecule has 0 aromatic heterocycles. The van der Waals surface area contributed by atoms with E-state index in [-0.39, 0.29) is 0 Å². The number of carbonyl (C=O) groups is 1. The Balaban J connectivity index is 3.85. The average Bonchev–Trinajstić information content (AvgIpc) is 1.98. The second-order valence-electron chi connectivity index (χ2n) is 2.97. The minimum Gasteiger partial charge on any atom is -0.478 e. The number of hydrogen-bond acceptors (Lipinski definition) is 3. The first-order valence-corrected chi connectivity index (χ1v) is 4.02. The summed E-state index contributed by atoms with van der Waals surface area (Å²) < 4.78 is 0. The minimum atomic E-state index is -0.925. The van der Waals surface area contributed by atoms with Crippen molar-refractivity contribution >= 4 is 5.97 Å². The van der Waals surface area contributed by atoms with E-state index in [1.54, 1.807) is 6.92 Å². The summed E-state index contributed by atoms with van der Waals surface area (Å²) in [6.07, 6.45) is 1.65. The summed E-state index contributed by atoms with van der Waals surface area (Å²) in [5.74, 6) is -0.925. The molecule has 0 aliphatic heterocycles. The third kappa shape index (κ3) is 7.04. The molecule has 0 aromatic rings. The van der Waals surface area contributed by atoms with Gasteiger partial charge in [0.05, 0.1) is 6.07 Å². The van der Waals surface area contributed by atoms with Gasteiger partial charge in [-0.15, -0.1) is 0 Å². The van der Waals surface area contributed by atoms with Gasteiger partial charge in [-0.25, -0.2) is 4.79 Å². The molecule has 0 aliphatic carbocycles. The Morgan fingerprint density at radius 3 is 2.77 bits per heavy atom. The first kappa shape index (κ1) is 11.7. The molecule has 4 nitrogen and oxygen atoms in total. The van der Waals surface area contributed by atoms with Crippen LogP contribution in [0.15, 0.2) is 11.6 Å². The standard InChI is InChI=1S/C9H14N2O2/c1-8(6-9(12)13)7-11(2)5-3-4-10/h6H,3,5,7H2,1-2H3,(H,12,13). The molecule has 0 rings (SSSR count). The monoisotopic (exact) mass is 182 g/mol. The van der Waals surface area contributed by atoms with E-state index in [2.05, 4.69) is 0 Å². The molecule has 0 aliphatic rings. The lowest BCUT2D eigenvalue weighted by Crippen LogP contribution is -2.21. The van der Waals surface area contributed by atoms with Gasteiger partial charge in [-0.2, -0.15) is 5.26 Å². The average molecular weight is 182 g/mol. The summed E-state index contributed by atoms with van der Waals surface area (Å²) in [5, 5.41) is 16.7. The summed E-state index contributed by atoms with van der Waals surface area (Å²) in [6.45, 7) is 3.02. The largest absolute Gasteiger partial charge is 0.478 e. The van der Waals surface area contributed by atoms with Crippen molar-refractivity contribution in [1.29, 1.82) is 5.26 Å². The molecule has 0 aromatic carbocycles. The highest BCUT2D eigenvalue weighted by molar-refractivity contribution is 5.80. The van der Waals surface area contributed by atoms with Crippen molar-refractivity contribution in [3.63, 3.8) is 0 Å². The quantitative estimate of drug-likeness (QED) is 0.640. The lowest BCUT2D eigenvalue weighted by molar-refractivity contribution is -0.131. The van der Waals surface area contributed by atoms with Crippen molar-refractivity contribution in [3.8, 4) is 6.07 Å². The SMILES string of the molecule is CC(=CC(=O)O)CN(C)CCC#N. The van der Waals surface area contributed by atoms with Crippen molar-refractivity contribution in [1.82, 2.24) is 4.90 Å². The van der Waals surface area contributed by atoms with Crippen molar-refractivity contribution in [2.75, 3.05) is 20.1 Å². The van der Waals surface area contributed by atoms with E-state index in [0.29, 0.717) is 19.5 Å². The second kappa shape index (κ2) is 6.21. The first-order chi connectivity index (χ1) is 6.06. The van der Waals surface area contributed by atoms with Gasteiger partial charge in [0.25, 0.3) is 0 Å². The van der Waals surface area contributed by atoms with Gasteiger partial charge in [-0.1, -0.05) is 5.57 Å². The summed E-state index contributed by atoms with van der Waals surface area (Å²) in [6, 6.07) is 2.04. The van der Waals surface area contributed by atoms with E-state index in [1.807, 2.05) is 18.0 Å². The van der Waals surface area contributed by atoms with Gasteiger partial charge in [0.15, 0.2) is 0 Å². The first-order valence-electron chi connectivity index (χ1n) is 4.02. The maximum atomic E-state index is 10.3. The van der Waals surface area contributed by atoms with Crippen LogP contribution in [0.1, 0.15) is 13.3 Å². The third-order valence-electron chi connectivity index (χ3n) is 1.49. The summed E-state index contributed by atoms with van der Waals surface area (Å²) >= 11 is 0. The normalized spacial score (nSPS) is 11.4. The molecule has 0 atom stereocenters. The van der Waals surface area contributed by atoms with Crippen LogP contribution in [0.4, 0.5) is 0 Å². The van der Waals surface area contributed by atoms with Gasteiger partial charge < -0.3 is 10.0 Å². The van der Waals surface area contributed by atoms with E-state index in [9.17, 15) is 4.79 Å². The lowest BCUT2D eigenvalue weighted by atomic mass is 10.2. The molecule has 0 unspecified atom stereocenters. The van der Waals surface area contributed by atoms with Crippen molar-refractivity contribution in [2.24, 2.45) is 0 Å². The number of aliphatic carboxylic acids is 1. The Hall–Kier alpha value is -1.34. The molecule has 72 valence electrons. The fourth-order valence-electron chi connectivity index (χ4n) is 1.00. The Kier molecular flexibility index (Phi) is 5.57. The maximum absolute atomic E-state index is 10.3. The second-order valence-corrected chi connectivity index (χ2v) is 2.97. The molecule has 0 amide bonds. The molecular weight excluding hydrogens is 168 g/mol. The van der Waals surface area contributed by atoms with Gasteiger partial charge in [-0.05, 0) is 14.0 Å². The van der Waals surface area contributed by atoms with Gasteiger partial charge in [0.2, 0.25) is 0 Å². The Bertz CT molecular complexity index is 240. The fourth-order valence-corrected chi connectivity index (χ4v) is 1.00. The zero-order valence-corrected chi connectivity index (χ0v) is 7.95. The Labute approximate surface area is 78.1 Å². The summed E-state index contributed by atoms with van der Waals surface area (Å²) in [7, 11) is 1.86. The van der Waals surface area contributed by atoms with Crippen LogP contribution in [0, 0.1) is 11.3 Å². The number of rotatable bonds is 5. The predicted molar refractivity (Wildman–Crippen MR) is 49.1 cm³/mol. The van der Waals surface area contributed by atoms with Crippen LogP contribution in [0.3, 0.4) is 0 Å². The molecule has 0 saturated carbocycles. The molecule has 0 radical (unpaired) electrons. The van der Waals surface area contributed by atoms with E-state index in [4.69, 9.17) is 10.4 Å². The lowest BCUT2D eigenvalue weighted by Gasteiger charge is -2.14. The third-order valence-corrected chi connectivity index (χ3v) is 1.49. The van der Waals surface area contributed by atoms with E-state index >= 15 is 0 Å². The van der Waals surface area contributed by atoms with Gasteiger partial charge in [0.1, 0.15) is 0 Å². The highest BCUT2D eigenvalue weighted by Gasteiger charge is 2.00. The van der Waals surface area contributed by atoms with Crippen LogP contribution in [0.2, 0.25) is 0 Å². The molecule has 0 spiro atoms. The van der Waals surface area contributed by atoms with Crippen LogP contribution in [0.25, 0.3) is 0 Å². The molecule has 0 bridgehead atoms. The topological polar surface area (TPSA) is 64.3 Å². The van der Waals surface area contributed by atoms with E-state index in [1.165, 1.54) is 6.08 Å². The predicted octanol–water partition coefficient (Wildman–Crippen LogP) is 0.863. The zero-order chi connectivity index (χ0) is 10.3. The summed E-state index contributed by atoms with van der Waals surface area (Å²) in [5.41, 5.74) is 0.785. The van der Waals surface area contributed by atoms with Crippen LogP contribution < -0.4 is 0 Å². The Morgan fingerprint density at radius 1 is 1.69 bits per heavy atom. The van der Waals surface area contributed by atoms with Crippen LogP contribution in [-0.4, -0.2) is 36.1 Å². The highest BCUT2D eigenvalue weighted by Crippen LogP contribution is 1.96. The molecule has 13 heavy (non-hydrogen) atoms. The van der Waals surface area contributed by atoms with E-state index < -0.39 is 5.97 Å². The van der Waals surface area contributed by atoms with E-state index in [0.717, 1.165) is 5.57 Å². The van der Waals surface area contributed by atoms with Gasteiger partial charge in [-0.3, -0.25) is 0 Å². The van der Waals surface area contributed by atoms with Crippen molar-refractivity contribution < 1.29 is 9.90 Å².